The highest BCUT2D eigenvalue weighted by Crippen LogP contribution is 2.12. The van der Waals surface area contributed by atoms with Crippen molar-refractivity contribution in [2.24, 2.45) is 5.73 Å². The highest BCUT2D eigenvalue weighted by molar-refractivity contribution is 5.73. The summed E-state index contributed by atoms with van der Waals surface area (Å²) in [7, 11) is 0. The second-order valence-electron chi connectivity index (χ2n) is 3.05. The Morgan fingerprint density at radius 1 is 1.43 bits per heavy atom. The molecule has 0 aliphatic carbocycles. The number of para-hydroxylation sites is 1. The Morgan fingerprint density at radius 3 is 2.43 bits per heavy atom. The normalized spacial score (nSPS) is 14.4. The second-order valence-corrected chi connectivity index (χ2v) is 3.05. The molecule has 0 aliphatic rings. The van der Waals surface area contributed by atoms with Crippen LogP contribution in [0.25, 0.3) is 0 Å². The molecule has 4 nitrogen and oxygen atoms in total. The van der Waals surface area contributed by atoms with Crippen molar-refractivity contribution in [1.82, 2.24) is 0 Å². The summed E-state index contributed by atoms with van der Waals surface area (Å²) in [6.45, 7) is 1.60. The summed E-state index contributed by atoms with van der Waals surface area (Å²) in [6.07, 6.45) is -1.00. The zero-order chi connectivity index (χ0) is 10.6. The predicted octanol–water partition coefficient (Wildman–Crippen LogP) is 0.866. The minimum absolute atomic E-state index is 0.511. The molecule has 4 heteroatoms. The van der Waals surface area contributed by atoms with Crippen molar-refractivity contribution in [3.8, 4) is 5.75 Å². The Balaban J connectivity index is 2.70. The first-order chi connectivity index (χ1) is 6.61. The standard InChI is InChI=1S/C10H13NO3/c1-7(11)9(10(12)13)14-8-5-3-2-4-6-8/h2-7,9H,11H2,1H3,(H,12,13). The molecule has 3 N–H and O–H groups in total. The molecule has 0 amide bonds. The lowest BCUT2D eigenvalue weighted by Crippen LogP contribution is -2.42. The SMILES string of the molecule is CC(N)C(Oc1ccccc1)C(=O)O. The van der Waals surface area contributed by atoms with E-state index in [1.165, 1.54) is 0 Å². The number of aliphatic carboxylic acids is 1. The number of carbonyl (C=O) groups is 1. The molecule has 76 valence electrons. The Hall–Kier alpha value is -1.55. The summed E-state index contributed by atoms with van der Waals surface area (Å²) in [5.41, 5.74) is 5.48. The van der Waals surface area contributed by atoms with Crippen molar-refractivity contribution < 1.29 is 14.6 Å². The van der Waals surface area contributed by atoms with Crippen LogP contribution < -0.4 is 10.5 Å². The zero-order valence-corrected chi connectivity index (χ0v) is 7.88. The Bertz CT molecular complexity index is 297. The van der Waals surface area contributed by atoms with Crippen LogP contribution in [-0.4, -0.2) is 23.2 Å². The van der Waals surface area contributed by atoms with Gasteiger partial charge >= 0.3 is 5.97 Å². The van der Waals surface area contributed by atoms with Gasteiger partial charge in [0, 0.05) is 6.04 Å². The summed E-state index contributed by atoms with van der Waals surface area (Å²) >= 11 is 0. The van der Waals surface area contributed by atoms with Crippen molar-refractivity contribution in [2.45, 2.75) is 19.1 Å². The van der Waals surface area contributed by atoms with Crippen molar-refractivity contribution in [3.05, 3.63) is 30.3 Å². The number of ether oxygens (including phenoxy) is 1. The number of benzene rings is 1. The Morgan fingerprint density at radius 2 is 2.00 bits per heavy atom. The van der Waals surface area contributed by atoms with Gasteiger partial charge in [0.25, 0.3) is 0 Å². The second kappa shape index (κ2) is 4.62. The van der Waals surface area contributed by atoms with Gasteiger partial charge in [-0.2, -0.15) is 0 Å². The van der Waals surface area contributed by atoms with E-state index >= 15 is 0 Å². The van der Waals surface area contributed by atoms with E-state index in [0.29, 0.717) is 5.75 Å². The van der Waals surface area contributed by atoms with E-state index in [2.05, 4.69) is 0 Å². The Labute approximate surface area is 82.3 Å². The fourth-order valence-electron chi connectivity index (χ4n) is 1.03. The van der Waals surface area contributed by atoms with Crippen molar-refractivity contribution in [1.29, 1.82) is 0 Å². The van der Waals surface area contributed by atoms with Crippen LogP contribution in [0.1, 0.15) is 6.92 Å². The smallest absolute Gasteiger partial charge is 0.346 e. The number of carboxylic acid groups (broad SMARTS) is 1. The topological polar surface area (TPSA) is 72.5 Å². The molecule has 2 unspecified atom stereocenters. The number of hydrogen-bond donors (Lipinski definition) is 2. The van der Waals surface area contributed by atoms with Gasteiger partial charge in [0.2, 0.25) is 6.10 Å². The molecule has 0 radical (unpaired) electrons. The van der Waals surface area contributed by atoms with E-state index in [0.717, 1.165) is 0 Å². The zero-order valence-electron chi connectivity index (χ0n) is 7.88. The predicted molar refractivity (Wildman–Crippen MR) is 52.1 cm³/mol. The van der Waals surface area contributed by atoms with Crippen LogP contribution in [0.4, 0.5) is 0 Å². The molecule has 1 aromatic carbocycles. The lowest BCUT2D eigenvalue weighted by Gasteiger charge is -2.17. The molecule has 14 heavy (non-hydrogen) atoms. The Kier molecular flexibility index (Phi) is 3.48. The van der Waals surface area contributed by atoms with Gasteiger partial charge < -0.3 is 15.6 Å². The van der Waals surface area contributed by atoms with Gasteiger partial charge in [-0.15, -0.1) is 0 Å². The molecule has 0 heterocycles. The molecule has 0 spiro atoms. The number of nitrogens with two attached hydrogens (primary N) is 1. The highest BCUT2D eigenvalue weighted by Gasteiger charge is 2.23. The van der Waals surface area contributed by atoms with Gasteiger partial charge in [-0.05, 0) is 19.1 Å². The number of rotatable bonds is 4. The minimum atomic E-state index is -1.05. The lowest BCUT2D eigenvalue weighted by atomic mass is 10.2. The summed E-state index contributed by atoms with van der Waals surface area (Å²) in [5.74, 6) is -0.541. The molecule has 0 saturated heterocycles. The molecular formula is C10H13NO3. The third-order valence-corrected chi connectivity index (χ3v) is 1.73. The third-order valence-electron chi connectivity index (χ3n) is 1.73. The fourth-order valence-corrected chi connectivity index (χ4v) is 1.03. The molecule has 0 bridgehead atoms. The molecule has 0 aliphatic heterocycles. The molecule has 2 atom stereocenters. The minimum Gasteiger partial charge on any atom is -0.478 e. The van der Waals surface area contributed by atoms with E-state index in [1.807, 2.05) is 6.07 Å². The molecule has 1 rings (SSSR count). The van der Waals surface area contributed by atoms with Crippen molar-refractivity contribution >= 4 is 5.97 Å². The van der Waals surface area contributed by atoms with Crippen LogP contribution in [0.15, 0.2) is 30.3 Å². The van der Waals surface area contributed by atoms with Gasteiger partial charge in [0.15, 0.2) is 0 Å². The number of hydrogen-bond acceptors (Lipinski definition) is 3. The lowest BCUT2D eigenvalue weighted by molar-refractivity contribution is -0.145. The maximum atomic E-state index is 10.7. The first-order valence-corrected chi connectivity index (χ1v) is 4.31. The van der Waals surface area contributed by atoms with Gasteiger partial charge in [-0.1, -0.05) is 18.2 Å². The van der Waals surface area contributed by atoms with Crippen LogP contribution in [0.5, 0.6) is 5.75 Å². The molecule has 0 saturated carbocycles. The molecule has 1 aromatic rings. The summed E-state index contributed by atoms with van der Waals surface area (Å²) in [6, 6.07) is 8.21. The van der Waals surface area contributed by atoms with E-state index in [-0.39, 0.29) is 0 Å². The van der Waals surface area contributed by atoms with E-state index in [9.17, 15) is 4.79 Å². The highest BCUT2D eigenvalue weighted by atomic mass is 16.5. The average molecular weight is 195 g/mol. The summed E-state index contributed by atoms with van der Waals surface area (Å²) in [5, 5.41) is 8.80. The summed E-state index contributed by atoms with van der Waals surface area (Å²) < 4.78 is 5.21. The van der Waals surface area contributed by atoms with E-state index in [4.69, 9.17) is 15.6 Å². The van der Waals surface area contributed by atoms with E-state index in [1.54, 1.807) is 31.2 Å². The van der Waals surface area contributed by atoms with Crippen molar-refractivity contribution in [2.75, 3.05) is 0 Å². The van der Waals surface area contributed by atoms with Crippen LogP contribution in [-0.2, 0) is 4.79 Å². The molecule has 0 fully saturated rings. The molecule has 0 aromatic heterocycles. The number of carboxylic acids is 1. The van der Waals surface area contributed by atoms with Crippen LogP contribution in [0.3, 0.4) is 0 Å². The largest absolute Gasteiger partial charge is 0.478 e. The first-order valence-electron chi connectivity index (χ1n) is 4.31. The monoisotopic (exact) mass is 195 g/mol. The summed E-state index contributed by atoms with van der Waals surface area (Å²) in [4.78, 5) is 10.7. The van der Waals surface area contributed by atoms with Gasteiger partial charge in [-0.25, -0.2) is 4.79 Å². The average Bonchev–Trinajstić information content (AvgIpc) is 2.15. The van der Waals surface area contributed by atoms with Gasteiger partial charge in [0.05, 0.1) is 0 Å². The van der Waals surface area contributed by atoms with Crippen LogP contribution in [0, 0.1) is 0 Å². The van der Waals surface area contributed by atoms with Crippen LogP contribution in [0.2, 0.25) is 0 Å². The maximum absolute atomic E-state index is 10.7. The quantitative estimate of drug-likeness (QED) is 0.747. The van der Waals surface area contributed by atoms with Crippen LogP contribution >= 0.6 is 0 Å². The third kappa shape index (κ3) is 2.74. The molecular weight excluding hydrogens is 182 g/mol. The maximum Gasteiger partial charge on any atom is 0.346 e. The van der Waals surface area contributed by atoms with Crippen molar-refractivity contribution in [3.63, 3.8) is 0 Å². The van der Waals surface area contributed by atoms with E-state index < -0.39 is 18.1 Å². The first kappa shape index (κ1) is 10.5. The van der Waals surface area contributed by atoms with Gasteiger partial charge in [-0.3, -0.25) is 0 Å². The fraction of sp³-hybridized carbons (Fsp3) is 0.300. The van der Waals surface area contributed by atoms with Gasteiger partial charge in [0.1, 0.15) is 5.75 Å².